The molecule has 132 valence electrons. The number of imidazole rings is 1. The van der Waals surface area contributed by atoms with E-state index in [1.807, 2.05) is 30.3 Å². The van der Waals surface area contributed by atoms with Crippen LogP contribution >= 0.6 is 0 Å². The highest BCUT2D eigenvalue weighted by molar-refractivity contribution is 5.95. The number of methoxy groups -OCH3 is 1. The Bertz CT molecular complexity index is 882. The van der Waals surface area contributed by atoms with Gasteiger partial charge in [0, 0.05) is 38.0 Å². The predicted molar refractivity (Wildman–Crippen MR) is 95.2 cm³/mol. The Morgan fingerprint density at radius 3 is 2.88 bits per heavy atom. The van der Waals surface area contributed by atoms with Crippen LogP contribution < -0.4 is 0 Å². The Morgan fingerprint density at radius 1 is 1.31 bits per heavy atom. The average molecular weight is 349 g/mol. The van der Waals surface area contributed by atoms with Crippen LogP contribution in [0.4, 0.5) is 0 Å². The molecule has 1 N–H and O–H groups in total. The Kier molecular flexibility index (Phi) is 4.45. The number of rotatable bonds is 4. The molecule has 1 amide bonds. The summed E-state index contributed by atoms with van der Waals surface area (Å²) in [6.45, 7) is 0.518. The molecule has 1 aliphatic rings. The summed E-state index contributed by atoms with van der Waals surface area (Å²) < 4.78 is 5.49. The number of amides is 1. The number of hydrogen-bond donors (Lipinski definition) is 1. The van der Waals surface area contributed by atoms with E-state index in [0.717, 1.165) is 11.4 Å². The lowest BCUT2D eigenvalue weighted by molar-refractivity contribution is 0.0684. The monoisotopic (exact) mass is 349 g/mol. The second-order valence-electron chi connectivity index (χ2n) is 6.24. The number of likely N-dealkylation sites (tertiary alicyclic amines) is 1. The van der Waals surface area contributed by atoms with Crippen molar-refractivity contribution in [3.63, 3.8) is 0 Å². The highest BCUT2D eigenvalue weighted by atomic mass is 16.5. The van der Waals surface area contributed by atoms with Crippen LogP contribution in [0, 0.1) is 0 Å². The number of aromatic nitrogens is 4. The second kappa shape index (κ2) is 7.05. The van der Waals surface area contributed by atoms with E-state index in [0.29, 0.717) is 24.2 Å². The standard InChI is InChI=1S/C19H19N5O2/c1-26-15-10-17(18-20-7-8-21-18)24(12-15)19(25)14-9-16(23-22-11-14)13-5-3-2-4-6-13/h2-9,11,15,17H,10,12H2,1H3,(H,20,21)/t15-,17?/m1/s1. The van der Waals surface area contributed by atoms with Crippen molar-refractivity contribution < 1.29 is 9.53 Å². The first kappa shape index (κ1) is 16.4. The van der Waals surface area contributed by atoms with Crippen molar-refractivity contribution in [2.75, 3.05) is 13.7 Å². The number of nitrogens with one attached hydrogen (secondary N) is 1. The van der Waals surface area contributed by atoms with Gasteiger partial charge < -0.3 is 14.6 Å². The van der Waals surface area contributed by atoms with Gasteiger partial charge in [-0.3, -0.25) is 4.79 Å². The molecule has 1 fully saturated rings. The fraction of sp³-hybridized carbons (Fsp3) is 0.263. The molecular weight excluding hydrogens is 330 g/mol. The molecule has 3 aromatic rings. The number of H-pyrrole nitrogens is 1. The maximum absolute atomic E-state index is 13.2. The highest BCUT2D eigenvalue weighted by Crippen LogP contribution is 2.33. The summed E-state index contributed by atoms with van der Waals surface area (Å²) in [6.07, 6.45) is 5.66. The van der Waals surface area contributed by atoms with E-state index in [-0.39, 0.29) is 18.1 Å². The third-order valence-corrected chi connectivity index (χ3v) is 4.66. The molecule has 1 unspecified atom stereocenters. The lowest BCUT2D eigenvalue weighted by Gasteiger charge is -2.23. The third kappa shape index (κ3) is 3.09. The van der Waals surface area contributed by atoms with Crippen molar-refractivity contribution in [3.8, 4) is 11.3 Å². The third-order valence-electron chi connectivity index (χ3n) is 4.66. The molecule has 3 heterocycles. The van der Waals surface area contributed by atoms with E-state index in [4.69, 9.17) is 4.74 Å². The van der Waals surface area contributed by atoms with Crippen LogP contribution in [0.1, 0.15) is 28.6 Å². The van der Waals surface area contributed by atoms with E-state index in [2.05, 4.69) is 20.2 Å². The van der Waals surface area contributed by atoms with Gasteiger partial charge in [-0.05, 0) is 6.07 Å². The van der Waals surface area contributed by atoms with Crippen LogP contribution in [0.5, 0.6) is 0 Å². The minimum Gasteiger partial charge on any atom is -0.380 e. The van der Waals surface area contributed by atoms with Gasteiger partial charge in [0.25, 0.3) is 5.91 Å². The average Bonchev–Trinajstić information content (AvgIpc) is 3.37. The maximum Gasteiger partial charge on any atom is 0.256 e. The van der Waals surface area contributed by atoms with E-state index in [9.17, 15) is 4.79 Å². The lowest BCUT2D eigenvalue weighted by Crippen LogP contribution is -2.32. The van der Waals surface area contributed by atoms with Crippen molar-refractivity contribution >= 4 is 5.91 Å². The summed E-state index contributed by atoms with van der Waals surface area (Å²) in [6, 6.07) is 11.3. The van der Waals surface area contributed by atoms with Crippen LogP contribution in [0.25, 0.3) is 11.3 Å². The fourth-order valence-electron chi connectivity index (χ4n) is 3.31. The molecule has 0 radical (unpaired) electrons. The number of aromatic amines is 1. The Balaban J connectivity index is 1.64. The van der Waals surface area contributed by atoms with Crippen LogP contribution in [-0.4, -0.2) is 50.7 Å². The zero-order valence-corrected chi connectivity index (χ0v) is 14.4. The van der Waals surface area contributed by atoms with E-state index in [1.54, 1.807) is 30.5 Å². The molecular formula is C19H19N5O2. The van der Waals surface area contributed by atoms with Gasteiger partial charge in [0.1, 0.15) is 5.82 Å². The van der Waals surface area contributed by atoms with Gasteiger partial charge in [0.05, 0.1) is 29.6 Å². The predicted octanol–water partition coefficient (Wildman–Crippen LogP) is 2.47. The summed E-state index contributed by atoms with van der Waals surface area (Å²) in [7, 11) is 1.67. The van der Waals surface area contributed by atoms with Gasteiger partial charge in [0.2, 0.25) is 0 Å². The molecule has 2 aromatic heterocycles. The van der Waals surface area contributed by atoms with Crippen molar-refractivity contribution in [2.24, 2.45) is 0 Å². The molecule has 26 heavy (non-hydrogen) atoms. The molecule has 0 aliphatic carbocycles. The van der Waals surface area contributed by atoms with Crippen molar-refractivity contribution in [1.82, 2.24) is 25.1 Å². The summed E-state index contributed by atoms with van der Waals surface area (Å²) in [5, 5.41) is 8.18. The topological polar surface area (TPSA) is 84.0 Å². The summed E-state index contributed by atoms with van der Waals surface area (Å²) in [4.78, 5) is 22.4. The first-order valence-corrected chi connectivity index (χ1v) is 8.47. The maximum atomic E-state index is 13.2. The Labute approximate surface area is 151 Å². The highest BCUT2D eigenvalue weighted by Gasteiger charge is 2.38. The molecule has 0 bridgehead atoms. The number of benzene rings is 1. The molecule has 4 rings (SSSR count). The molecule has 2 atom stereocenters. The number of carbonyl (C=O) groups excluding carboxylic acids is 1. The summed E-state index contributed by atoms with van der Waals surface area (Å²) in [5.41, 5.74) is 2.11. The molecule has 1 aliphatic heterocycles. The van der Waals surface area contributed by atoms with Crippen LogP contribution in [0.3, 0.4) is 0 Å². The largest absolute Gasteiger partial charge is 0.380 e. The number of nitrogens with zero attached hydrogens (tertiary/aromatic N) is 4. The van der Waals surface area contributed by atoms with Gasteiger partial charge in [-0.2, -0.15) is 10.2 Å². The quantitative estimate of drug-likeness (QED) is 0.782. The molecule has 1 aromatic carbocycles. The van der Waals surface area contributed by atoms with Gasteiger partial charge in [-0.1, -0.05) is 30.3 Å². The molecule has 7 nitrogen and oxygen atoms in total. The van der Waals surface area contributed by atoms with Crippen LogP contribution in [0.15, 0.2) is 55.0 Å². The second-order valence-corrected chi connectivity index (χ2v) is 6.24. The zero-order chi connectivity index (χ0) is 17.9. The first-order valence-electron chi connectivity index (χ1n) is 8.47. The van der Waals surface area contributed by atoms with E-state index >= 15 is 0 Å². The number of hydrogen-bond acceptors (Lipinski definition) is 5. The normalized spacial score (nSPS) is 19.7. The minimum atomic E-state index is -0.143. The van der Waals surface area contributed by atoms with E-state index < -0.39 is 0 Å². The lowest BCUT2D eigenvalue weighted by atomic mass is 10.1. The van der Waals surface area contributed by atoms with E-state index in [1.165, 1.54) is 6.20 Å². The van der Waals surface area contributed by atoms with Crippen LogP contribution in [-0.2, 0) is 4.74 Å². The summed E-state index contributed by atoms with van der Waals surface area (Å²) >= 11 is 0. The van der Waals surface area contributed by atoms with Crippen molar-refractivity contribution in [1.29, 1.82) is 0 Å². The first-order chi connectivity index (χ1) is 12.8. The zero-order valence-electron chi connectivity index (χ0n) is 14.4. The molecule has 7 heteroatoms. The number of carbonyl (C=O) groups is 1. The van der Waals surface area contributed by atoms with Gasteiger partial charge in [-0.15, -0.1) is 0 Å². The van der Waals surface area contributed by atoms with Crippen LogP contribution in [0.2, 0.25) is 0 Å². The summed E-state index contributed by atoms with van der Waals surface area (Å²) in [5.74, 6) is 0.668. The molecule has 1 saturated heterocycles. The van der Waals surface area contributed by atoms with Crippen molar-refractivity contribution in [2.45, 2.75) is 18.6 Å². The smallest absolute Gasteiger partial charge is 0.256 e. The minimum absolute atomic E-state index is 0.0163. The Hall–Kier alpha value is -3.06. The van der Waals surface area contributed by atoms with Gasteiger partial charge in [-0.25, -0.2) is 4.98 Å². The molecule has 0 saturated carbocycles. The fourth-order valence-corrected chi connectivity index (χ4v) is 3.31. The molecule has 0 spiro atoms. The van der Waals surface area contributed by atoms with Gasteiger partial charge in [0.15, 0.2) is 0 Å². The SMILES string of the molecule is CO[C@@H]1CC(c2ncc[nH]2)N(C(=O)c2cnnc(-c3ccccc3)c2)C1. The Morgan fingerprint density at radius 2 is 2.15 bits per heavy atom. The van der Waals surface area contributed by atoms with Gasteiger partial charge >= 0.3 is 0 Å². The number of ether oxygens (including phenoxy) is 1. The van der Waals surface area contributed by atoms with Crippen molar-refractivity contribution in [3.05, 3.63) is 66.4 Å².